The molecule has 0 aliphatic heterocycles. The molecule has 0 spiro atoms. The molecule has 0 heterocycles. The van der Waals surface area contributed by atoms with Crippen molar-refractivity contribution >= 4 is 6.29 Å². The third kappa shape index (κ3) is 1.30. The van der Waals surface area contributed by atoms with Crippen LogP contribution in [0, 0.1) is 23.7 Å². The highest BCUT2D eigenvalue weighted by atomic mass is 16.1. The number of rotatable bonds is 2. The van der Waals surface area contributed by atoms with Crippen LogP contribution in [-0.2, 0) is 4.79 Å². The Kier molecular flexibility index (Phi) is 2.34. The van der Waals surface area contributed by atoms with Gasteiger partial charge in [0.2, 0.25) is 0 Å². The number of carbonyl (C=O) groups is 1. The van der Waals surface area contributed by atoms with Crippen LogP contribution in [0.25, 0.3) is 0 Å². The molecule has 1 aliphatic rings. The molecule has 0 aromatic carbocycles. The monoisotopic (exact) mass is 150 g/mol. The first-order valence-electron chi connectivity index (χ1n) is 4.15. The molecular formula is C10H14O. The maximum atomic E-state index is 10.8. The minimum Gasteiger partial charge on any atom is -0.303 e. The number of hydrogen-bond donors (Lipinski definition) is 0. The van der Waals surface area contributed by atoms with E-state index in [0.717, 1.165) is 25.5 Å². The van der Waals surface area contributed by atoms with Gasteiger partial charge >= 0.3 is 0 Å². The molecule has 0 N–H and O–H groups in total. The summed E-state index contributed by atoms with van der Waals surface area (Å²) in [5, 5.41) is 0. The molecule has 2 unspecified atom stereocenters. The summed E-state index contributed by atoms with van der Waals surface area (Å²) < 4.78 is 0. The summed E-state index contributed by atoms with van der Waals surface area (Å²) in [7, 11) is 0. The molecule has 0 aromatic heterocycles. The number of carbonyl (C=O) groups excluding carboxylic acids is 1. The van der Waals surface area contributed by atoms with Crippen molar-refractivity contribution in [1.29, 1.82) is 0 Å². The second-order valence-electron chi connectivity index (χ2n) is 3.53. The highest BCUT2D eigenvalue weighted by molar-refractivity contribution is 5.61. The minimum absolute atomic E-state index is 0.172. The molecule has 1 heteroatoms. The fraction of sp³-hybridized carbons (Fsp3) is 0.700. The van der Waals surface area contributed by atoms with Crippen LogP contribution in [0.4, 0.5) is 0 Å². The van der Waals surface area contributed by atoms with Crippen LogP contribution in [-0.4, -0.2) is 6.29 Å². The molecule has 2 atom stereocenters. The van der Waals surface area contributed by atoms with Crippen LogP contribution in [0.3, 0.4) is 0 Å². The Bertz CT molecular complexity index is 190. The molecule has 1 nitrogen and oxygen atoms in total. The van der Waals surface area contributed by atoms with Gasteiger partial charge in [-0.25, -0.2) is 0 Å². The first-order chi connectivity index (χ1) is 5.25. The van der Waals surface area contributed by atoms with E-state index in [9.17, 15) is 4.79 Å². The largest absolute Gasteiger partial charge is 0.303 e. The average Bonchev–Trinajstić information content (AvgIpc) is 2.35. The zero-order valence-electron chi connectivity index (χ0n) is 6.97. The maximum Gasteiger partial charge on any atom is 0.127 e. The lowest BCUT2D eigenvalue weighted by atomic mass is 9.78. The highest BCUT2D eigenvalue weighted by Crippen LogP contribution is 2.43. The van der Waals surface area contributed by atoms with Gasteiger partial charge in [-0.15, -0.1) is 12.3 Å². The molecular weight excluding hydrogens is 136 g/mol. The number of aldehydes is 1. The van der Waals surface area contributed by atoms with Gasteiger partial charge in [0.1, 0.15) is 6.29 Å². The average molecular weight is 150 g/mol. The Labute approximate surface area is 68.2 Å². The van der Waals surface area contributed by atoms with Crippen LogP contribution < -0.4 is 0 Å². The molecule has 11 heavy (non-hydrogen) atoms. The number of terminal acetylenes is 1. The second-order valence-corrected chi connectivity index (χ2v) is 3.53. The first kappa shape index (κ1) is 8.33. The Morgan fingerprint density at radius 1 is 1.82 bits per heavy atom. The van der Waals surface area contributed by atoms with E-state index in [0.29, 0.717) is 12.3 Å². The lowest BCUT2D eigenvalue weighted by molar-refractivity contribution is -0.117. The standard InChI is InChI=1S/C10H14O/c1-3-6-10(8-11)7-4-5-9(10)2/h1,8-9H,4-7H2,2H3. The third-order valence-electron chi connectivity index (χ3n) is 2.93. The fourth-order valence-corrected chi connectivity index (χ4v) is 1.94. The van der Waals surface area contributed by atoms with Crippen molar-refractivity contribution in [3.63, 3.8) is 0 Å². The zero-order valence-corrected chi connectivity index (χ0v) is 6.97. The van der Waals surface area contributed by atoms with E-state index in [1.165, 1.54) is 0 Å². The van der Waals surface area contributed by atoms with Crippen LogP contribution in [0.1, 0.15) is 32.6 Å². The summed E-state index contributed by atoms with van der Waals surface area (Å²) in [6.07, 6.45) is 10.2. The van der Waals surface area contributed by atoms with Crippen molar-refractivity contribution in [1.82, 2.24) is 0 Å². The van der Waals surface area contributed by atoms with Crippen molar-refractivity contribution in [2.45, 2.75) is 32.6 Å². The summed E-state index contributed by atoms with van der Waals surface area (Å²) in [6.45, 7) is 2.12. The Morgan fingerprint density at radius 2 is 2.55 bits per heavy atom. The van der Waals surface area contributed by atoms with Gasteiger partial charge in [0, 0.05) is 11.8 Å². The smallest absolute Gasteiger partial charge is 0.127 e. The van der Waals surface area contributed by atoms with E-state index in [2.05, 4.69) is 12.8 Å². The SMILES string of the molecule is C#CCC1(C=O)CCCC1C. The molecule has 0 amide bonds. The third-order valence-corrected chi connectivity index (χ3v) is 2.93. The summed E-state index contributed by atoms with van der Waals surface area (Å²) in [5.41, 5.74) is -0.172. The van der Waals surface area contributed by atoms with E-state index in [1.807, 2.05) is 0 Å². The van der Waals surface area contributed by atoms with Gasteiger partial charge in [-0.1, -0.05) is 13.3 Å². The minimum atomic E-state index is -0.172. The van der Waals surface area contributed by atoms with Gasteiger partial charge < -0.3 is 4.79 Å². The Morgan fingerprint density at radius 3 is 2.91 bits per heavy atom. The van der Waals surface area contributed by atoms with Crippen molar-refractivity contribution in [2.24, 2.45) is 11.3 Å². The van der Waals surface area contributed by atoms with Crippen molar-refractivity contribution in [3.05, 3.63) is 0 Å². The summed E-state index contributed by atoms with van der Waals surface area (Å²) in [6, 6.07) is 0. The Balaban J connectivity index is 2.74. The molecule has 1 rings (SSSR count). The topological polar surface area (TPSA) is 17.1 Å². The van der Waals surface area contributed by atoms with Gasteiger partial charge in [0.15, 0.2) is 0 Å². The maximum absolute atomic E-state index is 10.8. The normalized spacial score (nSPS) is 36.5. The van der Waals surface area contributed by atoms with Crippen molar-refractivity contribution in [3.8, 4) is 12.3 Å². The van der Waals surface area contributed by atoms with Gasteiger partial charge in [0.25, 0.3) is 0 Å². The van der Waals surface area contributed by atoms with Gasteiger partial charge in [-0.3, -0.25) is 0 Å². The molecule has 0 radical (unpaired) electrons. The highest BCUT2D eigenvalue weighted by Gasteiger charge is 2.39. The first-order valence-corrected chi connectivity index (χ1v) is 4.15. The van der Waals surface area contributed by atoms with Crippen molar-refractivity contribution < 1.29 is 4.79 Å². The van der Waals surface area contributed by atoms with E-state index in [1.54, 1.807) is 0 Å². The molecule has 0 aromatic rings. The predicted octanol–water partition coefficient (Wildman–Crippen LogP) is 2.02. The molecule has 1 fully saturated rings. The predicted molar refractivity (Wildman–Crippen MR) is 45.0 cm³/mol. The Hall–Kier alpha value is -0.770. The van der Waals surface area contributed by atoms with Gasteiger partial charge in [0.05, 0.1) is 0 Å². The molecule has 0 saturated heterocycles. The van der Waals surface area contributed by atoms with Crippen LogP contribution in [0.15, 0.2) is 0 Å². The fourth-order valence-electron chi connectivity index (χ4n) is 1.94. The van der Waals surface area contributed by atoms with Crippen LogP contribution in [0.5, 0.6) is 0 Å². The molecule has 0 bridgehead atoms. The van der Waals surface area contributed by atoms with Crippen LogP contribution in [0.2, 0.25) is 0 Å². The van der Waals surface area contributed by atoms with Gasteiger partial charge in [-0.2, -0.15) is 0 Å². The molecule has 60 valence electrons. The van der Waals surface area contributed by atoms with Gasteiger partial charge in [-0.05, 0) is 18.8 Å². The van der Waals surface area contributed by atoms with E-state index in [-0.39, 0.29) is 5.41 Å². The van der Waals surface area contributed by atoms with Crippen LogP contribution >= 0.6 is 0 Å². The lowest BCUT2D eigenvalue weighted by Crippen LogP contribution is -2.24. The second kappa shape index (κ2) is 3.09. The molecule has 1 aliphatic carbocycles. The van der Waals surface area contributed by atoms with E-state index in [4.69, 9.17) is 6.42 Å². The summed E-state index contributed by atoms with van der Waals surface area (Å²) in [4.78, 5) is 10.8. The van der Waals surface area contributed by atoms with Crippen molar-refractivity contribution in [2.75, 3.05) is 0 Å². The molecule has 1 saturated carbocycles. The zero-order chi connectivity index (χ0) is 8.32. The summed E-state index contributed by atoms with van der Waals surface area (Å²) in [5.74, 6) is 3.08. The number of hydrogen-bond acceptors (Lipinski definition) is 1. The lowest BCUT2D eigenvalue weighted by Gasteiger charge is -2.24. The van der Waals surface area contributed by atoms with E-state index >= 15 is 0 Å². The summed E-state index contributed by atoms with van der Waals surface area (Å²) >= 11 is 0. The van der Waals surface area contributed by atoms with E-state index < -0.39 is 0 Å². The quantitative estimate of drug-likeness (QED) is 0.434.